The Kier molecular flexibility index (Phi) is 2.76. The molecule has 0 bridgehead atoms. The number of aromatic amines is 1. The standard InChI is InChI=1S/C15H17N3O2/c1-8-10-12(18-17-8)14(20)15(2,3)11(13(10)19)9-6-4-5-7-16-9/h4-7,11,14,20H,1-3H3,(H,17,18). The van der Waals surface area contributed by atoms with Crippen LogP contribution in [0, 0.1) is 12.3 Å². The molecule has 3 rings (SSSR count). The SMILES string of the molecule is Cc1n[nH]c2c1C(=O)C(c1ccccn1)C(C)(C)C2O. The van der Waals surface area contributed by atoms with Gasteiger partial charge < -0.3 is 5.11 Å². The quantitative estimate of drug-likeness (QED) is 0.833. The predicted octanol–water partition coefficient (Wildman–Crippen LogP) is 2.15. The lowest BCUT2D eigenvalue weighted by Crippen LogP contribution is -2.40. The van der Waals surface area contributed by atoms with Gasteiger partial charge in [-0.1, -0.05) is 19.9 Å². The molecule has 5 nitrogen and oxygen atoms in total. The van der Waals surface area contributed by atoms with E-state index >= 15 is 0 Å². The summed E-state index contributed by atoms with van der Waals surface area (Å²) >= 11 is 0. The fourth-order valence-electron chi connectivity index (χ4n) is 3.03. The Balaban J connectivity index is 2.21. The van der Waals surface area contributed by atoms with Crippen LogP contribution in [0.15, 0.2) is 24.4 Å². The molecule has 2 aromatic rings. The Labute approximate surface area is 117 Å². The van der Waals surface area contributed by atoms with Gasteiger partial charge in [-0.15, -0.1) is 0 Å². The second kappa shape index (κ2) is 4.24. The monoisotopic (exact) mass is 271 g/mol. The largest absolute Gasteiger partial charge is 0.386 e. The van der Waals surface area contributed by atoms with E-state index in [-0.39, 0.29) is 5.78 Å². The molecule has 2 unspecified atom stereocenters. The van der Waals surface area contributed by atoms with Crippen molar-refractivity contribution in [1.82, 2.24) is 15.2 Å². The highest BCUT2D eigenvalue weighted by Gasteiger charge is 2.50. The van der Waals surface area contributed by atoms with E-state index in [0.717, 1.165) is 0 Å². The maximum Gasteiger partial charge on any atom is 0.176 e. The lowest BCUT2D eigenvalue weighted by atomic mass is 9.64. The normalized spacial score (nSPS) is 24.5. The van der Waals surface area contributed by atoms with Crippen molar-refractivity contribution in [2.24, 2.45) is 5.41 Å². The summed E-state index contributed by atoms with van der Waals surface area (Å²) in [6.07, 6.45) is 0.895. The number of pyridine rings is 1. The van der Waals surface area contributed by atoms with Gasteiger partial charge in [0.05, 0.1) is 28.6 Å². The highest BCUT2D eigenvalue weighted by molar-refractivity contribution is 6.04. The van der Waals surface area contributed by atoms with Gasteiger partial charge in [0.1, 0.15) is 6.10 Å². The zero-order chi connectivity index (χ0) is 14.5. The number of aromatic nitrogens is 3. The van der Waals surface area contributed by atoms with Gasteiger partial charge in [0.2, 0.25) is 0 Å². The summed E-state index contributed by atoms with van der Waals surface area (Å²) in [4.78, 5) is 17.2. The molecule has 20 heavy (non-hydrogen) atoms. The number of hydrogen-bond acceptors (Lipinski definition) is 4. The van der Waals surface area contributed by atoms with E-state index in [1.807, 2.05) is 32.0 Å². The van der Waals surface area contributed by atoms with Crippen molar-refractivity contribution in [3.63, 3.8) is 0 Å². The highest BCUT2D eigenvalue weighted by atomic mass is 16.3. The fourth-order valence-corrected chi connectivity index (χ4v) is 3.03. The molecule has 0 radical (unpaired) electrons. The summed E-state index contributed by atoms with van der Waals surface area (Å²) in [7, 11) is 0. The average molecular weight is 271 g/mol. The number of carbonyl (C=O) groups excluding carboxylic acids is 1. The molecule has 0 saturated carbocycles. The Bertz CT molecular complexity index is 661. The van der Waals surface area contributed by atoms with E-state index < -0.39 is 17.4 Å². The van der Waals surface area contributed by atoms with Crippen molar-refractivity contribution >= 4 is 5.78 Å². The lowest BCUT2D eigenvalue weighted by Gasteiger charge is -2.40. The molecule has 0 fully saturated rings. The van der Waals surface area contributed by atoms with Crippen LogP contribution < -0.4 is 0 Å². The first-order valence-electron chi connectivity index (χ1n) is 6.62. The van der Waals surface area contributed by atoms with Crippen LogP contribution in [-0.4, -0.2) is 26.1 Å². The van der Waals surface area contributed by atoms with Crippen LogP contribution >= 0.6 is 0 Å². The number of aliphatic hydroxyl groups is 1. The molecule has 1 aliphatic carbocycles. The Hall–Kier alpha value is -2.01. The van der Waals surface area contributed by atoms with E-state index in [9.17, 15) is 9.90 Å². The van der Waals surface area contributed by atoms with Gasteiger partial charge in [-0.05, 0) is 19.1 Å². The minimum atomic E-state index is -0.775. The number of Topliss-reactive ketones (excluding diaryl/α,β-unsaturated/α-hetero) is 1. The molecule has 0 aliphatic heterocycles. The summed E-state index contributed by atoms with van der Waals surface area (Å²) in [5.74, 6) is -0.497. The van der Waals surface area contributed by atoms with Gasteiger partial charge in [0.15, 0.2) is 5.78 Å². The number of aryl methyl sites for hydroxylation is 1. The Morgan fingerprint density at radius 2 is 2.10 bits per heavy atom. The molecule has 2 N–H and O–H groups in total. The summed E-state index contributed by atoms with van der Waals surface area (Å²) in [6, 6.07) is 5.50. The molecule has 0 saturated heterocycles. The van der Waals surface area contributed by atoms with E-state index in [1.54, 1.807) is 13.1 Å². The summed E-state index contributed by atoms with van der Waals surface area (Å²) in [6.45, 7) is 5.54. The van der Waals surface area contributed by atoms with Gasteiger partial charge in [-0.2, -0.15) is 5.10 Å². The molecule has 104 valence electrons. The molecule has 0 spiro atoms. The first-order chi connectivity index (χ1) is 9.44. The maximum atomic E-state index is 12.8. The highest BCUT2D eigenvalue weighted by Crippen LogP contribution is 2.50. The topological polar surface area (TPSA) is 78.9 Å². The zero-order valence-corrected chi connectivity index (χ0v) is 11.7. The molecule has 0 aromatic carbocycles. The third-order valence-corrected chi connectivity index (χ3v) is 4.19. The average Bonchev–Trinajstić information content (AvgIpc) is 2.80. The molecule has 2 aromatic heterocycles. The third-order valence-electron chi connectivity index (χ3n) is 4.19. The van der Waals surface area contributed by atoms with Gasteiger partial charge >= 0.3 is 0 Å². The molecule has 2 atom stereocenters. The van der Waals surface area contributed by atoms with Crippen LogP contribution in [0.3, 0.4) is 0 Å². The molecule has 1 aliphatic rings. The van der Waals surface area contributed by atoms with Gasteiger partial charge in [0, 0.05) is 11.6 Å². The molecular weight excluding hydrogens is 254 g/mol. The van der Waals surface area contributed by atoms with Gasteiger partial charge in [-0.25, -0.2) is 0 Å². The number of aliphatic hydroxyl groups excluding tert-OH is 1. The molecule has 2 heterocycles. The van der Waals surface area contributed by atoms with E-state index in [1.165, 1.54) is 0 Å². The second-order valence-electron chi connectivity index (χ2n) is 5.87. The Morgan fingerprint density at radius 1 is 1.35 bits per heavy atom. The number of ketones is 1. The van der Waals surface area contributed by atoms with Gasteiger partial charge in [0.25, 0.3) is 0 Å². The van der Waals surface area contributed by atoms with Crippen LogP contribution in [0.1, 0.15) is 53.3 Å². The number of H-pyrrole nitrogens is 1. The number of fused-ring (bicyclic) bond motifs is 1. The van der Waals surface area contributed by atoms with E-state index in [0.29, 0.717) is 22.6 Å². The summed E-state index contributed by atoms with van der Waals surface area (Å²) < 4.78 is 0. The minimum absolute atomic E-state index is 0.0275. The van der Waals surface area contributed by atoms with Crippen LogP contribution in [0.2, 0.25) is 0 Å². The first-order valence-corrected chi connectivity index (χ1v) is 6.62. The lowest BCUT2D eigenvalue weighted by molar-refractivity contribution is 0.0156. The van der Waals surface area contributed by atoms with Crippen molar-refractivity contribution in [1.29, 1.82) is 0 Å². The van der Waals surface area contributed by atoms with Crippen molar-refractivity contribution in [2.75, 3.05) is 0 Å². The first kappa shape index (κ1) is 13.0. The zero-order valence-electron chi connectivity index (χ0n) is 11.7. The number of rotatable bonds is 1. The third kappa shape index (κ3) is 1.63. The summed E-state index contributed by atoms with van der Waals surface area (Å²) in [5.41, 5.74) is 1.70. The van der Waals surface area contributed by atoms with E-state index in [2.05, 4.69) is 15.2 Å². The van der Waals surface area contributed by atoms with Crippen molar-refractivity contribution in [2.45, 2.75) is 32.8 Å². The Morgan fingerprint density at radius 3 is 2.75 bits per heavy atom. The number of nitrogens with zero attached hydrogens (tertiary/aromatic N) is 2. The minimum Gasteiger partial charge on any atom is -0.386 e. The number of hydrogen-bond donors (Lipinski definition) is 2. The number of carbonyl (C=O) groups is 1. The van der Waals surface area contributed by atoms with Crippen molar-refractivity contribution in [3.8, 4) is 0 Å². The van der Waals surface area contributed by atoms with Crippen molar-refractivity contribution < 1.29 is 9.90 Å². The van der Waals surface area contributed by atoms with Crippen LogP contribution in [0.5, 0.6) is 0 Å². The summed E-state index contributed by atoms with van der Waals surface area (Å²) in [5, 5.41) is 17.5. The molecule has 5 heteroatoms. The van der Waals surface area contributed by atoms with Crippen LogP contribution in [0.25, 0.3) is 0 Å². The van der Waals surface area contributed by atoms with Crippen LogP contribution in [-0.2, 0) is 0 Å². The second-order valence-corrected chi connectivity index (χ2v) is 5.87. The fraction of sp³-hybridized carbons (Fsp3) is 0.400. The molecular formula is C15H17N3O2. The number of nitrogens with one attached hydrogen (secondary N) is 1. The smallest absolute Gasteiger partial charge is 0.176 e. The maximum absolute atomic E-state index is 12.8. The molecule has 0 amide bonds. The van der Waals surface area contributed by atoms with Crippen LogP contribution in [0.4, 0.5) is 0 Å². The van der Waals surface area contributed by atoms with Crippen molar-refractivity contribution in [3.05, 3.63) is 47.0 Å². The van der Waals surface area contributed by atoms with Gasteiger partial charge in [-0.3, -0.25) is 14.9 Å². The van der Waals surface area contributed by atoms with E-state index in [4.69, 9.17) is 0 Å². The predicted molar refractivity (Wildman–Crippen MR) is 73.4 cm³/mol.